The molecule has 1 heterocycles. The van der Waals surface area contributed by atoms with Gasteiger partial charge in [0.1, 0.15) is 5.75 Å². The number of benzene rings is 1. The number of aromatic amines is 1. The average molecular weight is 245 g/mol. The lowest BCUT2D eigenvalue weighted by Crippen LogP contribution is -2.00. The number of nitrogens with two attached hydrogens (primary N) is 1. The fraction of sp³-hybridized carbons (Fsp3) is 0.357. The van der Waals surface area contributed by atoms with E-state index >= 15 is 0 Å². The van der Waals surface area contributed by atoms with Gasteiger partial charge in [-0.05, 0) is 23.6 Å². The number of ether oxygens (including phenoxy) is 1. The van der Waals surface area contributed by atoms with Crippen molar-refractivity contribution in [3.8, 4) is 16.9 Å². The Kier molecular flexibility index (Phi) is 3.67. The summed E-state index contributed by atoms with van der Waals surface area (Å²) in [7, 11) is 1.68. The molecule has 0 radical (unpaired) electrons. The predicted molar refractivity (Wildman–Crippen MR) is 72.6 cm³/mol. The smallest absolute Gasteiger partial charge is 0.126 e. The van der Waals surface area contributed by atoms with Gasteiger partial charge >= 0.3 is 0 Å². The highest BCUT2D eigenvalue weighted by atomic mass is 16.5. The molecule has 1 aromatic carbocycles. The maximum absolute atomic E-state index is 5.71. The molecule has 18 heavy (non-hydrogen) atoms. The van der Waals surface area contributed by atoms with E-state index in [4.69, 9.17) is 10.5 Å². The molecule has 0 aliphatic carbocycles. The zero-order valence-electron chi connectivity index (χ0n) is 11.0. The average Bonchev–Trinajstić information content (AvgIpc) is 2.85. The molecule has 3 N–H and O–H groups in total. The minimum atomic E-state index is 0.435. The Morgan fingerprint density at radius 2 is 2.11 bits per heavy atom. The summed E-state index contributed by atoms with van der Waals surface area (Å²) in [4.78, 5) is 0. The van der Waals surface area contributed by atoms with Crippen molar-refractivity contribution < 1.29 is 4.74 Å². The number of rotatable bonds is 4. The van der Waals surface area contributed by atoms with Gasteiger partial charge in [0.15, 0.2) is 0 Å². The third-order valence-corrected chi connectivity index (χ3v) is 3.10. The van der Waals surface area contributed by atoms with E-state index in [0.29, 0.717) is 12.5 Å². The maximum Gasteiger partial charge on any atom is 0.126 e. The summed E-state index contributed by atoms with van der Waals surface area (Å²) in [6.07, 6.45) is 1.80. The molecule has 0 spiro atoms. The molecule has 0 atom stereocenters. The summed E-state index contributed by atoms with van der Waals surface area (Å²) in [6.45, 7) is 4.78. The second kappa shape index (κ2) is 5.23. The third kappa shape index (κ3) is 2.24. The van der Waals surface area contributed by atoms with E-state index in [2.05, 4.69) is 36.2 Å². The molecule has 0 saturated heterocycles. The number of H-pyrrole nitrogens is 1. The van der Waals surface area contributed by atoms with Gasteiger partial charge < -0.3 is 10.5 Å². The van der Waals surface area contributed by atoms with Gasteiger partial charge in [-0.15, -0.1) is 0 Å². The van der Waals surface area contributed by atoms with Gasteiger partial charge in [0.25, 0.3) is 0 Å². The van der Waals surface area contributed by atoms with E-state index in [-0.39, 0.29) is 0 Å². The Bertz CT molecular complexity index is 532. The predicted octanol–water partition coefficient (Wildman–Crippen LogP) is 2.67. The molecule has 2 rings (SSSR count). The van der Waals surface area contributed by atoms with Crippen LogP contribution in [0.15, 0.2) is 24.4 Å². The van der Waals surface area contributed by atoms with Gasteiger partial charge in [-0.2, -0.15) is 5.10 Å². The van der Waals surface area contributed by atoms with Crippen LogP contribution in [0.25, 0.3) is 11.1 Å². The van der Waals surface area contributed by atoms with Crippen LogP contribution in [0.1, 0.15) is 31.0 Å². The van der Waals surface area contributed by atoms with E-state index in [1.807, 2.05) is 6.07 Å². The summed E-state index contributed by atoms with van der Waals surface area (Å²) in [5.74, 6) is 1.32. The molecule has 4 nitrogen and oxygen atoms in total. The van der Waals surface area contributed by atoms with Crippen molar-refractivity contribution in [2.45, 2.75) is 26.3 Å². The lowest BCUT2D eigenvalue weighted by atomic mass is 9.97. The summed E-state index contributed by atoms with van der Waals surface area (Å²) in [5.41, 5.74) is 9.96. The second-order valence-electron chi connectivity index (χ2n) is 4.58. The molecule has 0 aliphatic heterocycles. The van der Waals surface area contributed by atoms with Crippen LogP contribution in [0.2, 0.25) is 0 Å². The Labute approximate surface area is 107 Å². The quantitative estimate of drug-likeness (QED) is 0.870. The minimum Gasteiger partial charge on any atom is -0.496 e. The number of hydrogen-bond donors (Lipinski definition) is 2. The van der Waals surface area contributed by atoms with Crippen molar-refractivity contribution in [3.05, 3.63) is 35.7 Å². The molecule has 0 fully saturated rings. The van der Waals surface area contributed by atoms with Crippen molar-refractivity contribution in [1.29, 1.82) is 0 Å². The number of hydrogen-bond acceptors (Lipinski definition) is 3. The number of methoxy groups -OCH3 is 1. The van der Waals surface area contributed by atoms with Gasteiger partial charge in [-0.3, -0.25) is 5.10 Å². The van der Waals surface area contributed by atoms with E-state index in [0.717, 1.165) is 22.6 Å². The molecular formula is C14H19N3O. The summed E-state index contributed by atoms with van der Waals surface area (Å²) < 4.78 is 5.42. The monoisotopic (exact) mass is 245 g/mol. The molecule has 96 valence electrons. The Hall–Kier alpha value is -1.81. The van der Waals surface area contributed by atoms with Crippen LogP contribution in [-0.2, 0) is 6.54 Å². The summed E-state index contributed by atoms with van der Waals surface area (Å²) in [5, 5.41) is 6.98. The van der Waals surface area contributed by atoms with Gasteiger partial charge in [0, 0.05) is 17.7 Å². The molecule has 0 aliphatic rings. The van der Waals surface area contributed by atoms with Crippen molar-refractivity contribution in [1.82, 2.24) is 10.2 Å². The number of nitrogens with zero attached hydrogens (tertiary/aromatic N) is 1. The molecule has 2 aromatic rings. The van der Waals surface area contributed by atoms with Crippen LogP contribution in [0.5, 0.6) is 5.75 Å². The van der Waals surface area contributed by atoms with Crippen LogP contribution in [0.3, 0.4) is 0 Å². The SMILES string of the molecule is COc1ccc(C(C)C)cc1-c1cn[nH]c1CN. The fourth-order valence-electron chi connectivity index (χ4n) is 2.00. The van der Waals surface area contributed by atoms with Gasteiger partial charge in [0.2, 0.25) is 0 Å². The van der Waals surface area contributed by atoms with Crippen molar-refractivity contribution in [2.24, 2.45) is 5.73 Å². The highest BCUT2D eigenvalue weighted by molar-refractivity contribution is 5.72. The standard InChI is InChI=1S/C14H19N3O/c1-9(2)10-4-5-14(18-3)11(6-10)12-8-16-17-13(12)7-15/h4-6,8-9H,7,15H2,1-3H3,(H,16,17). The van der Waals surface area contributed by atoms with E-state index < -0.39 is 0 Å². The van der Waals surface area contributed by atoms with Gasteiger partial charge in [-0.25, -0.2) is 0 Å². The second-order valence-corrected chi connectivity index (χ2v) is 4.58. The maximum atomic E-state index is 5.71. The van der Waals surface area contributed by atoms with Gasteiger partial charge in [0.05, 0.1) is 19.0 Å². The first kappa shape index (κ1) is 12.6. The molecular weight excluding hydrogens is 226 g/mol. The van der Waals surface area contributed by atoms with Crippen molar-refractivity contribution in [2.75, 3.05) is 7.11 Å². The lowest BCUT2D eigenvalue weighted by Gasteiger charge is -2.12. The Morgan fingerprint density at radius 3 is 2.72 bits per heavy atom. The number of aromatic nitrogens is 2. The van der Waals surface area contributed by atoms with Crippen LogP contribution < -0.4 is 10.5 Å². The normalized spacial score (nSPS) is 10.9. The molecule has 0 saturated carbocycles. The van der Waals surface area contributed by atoms with Crippen molar-refractivity contribution in [3.63, 3.8) is 0 Å². The third-order valence-electron chi connectivity index (χ3n) is 3.10. The molecule has 0 unspecified atom stereocenters. The topological polar surface area (TPSA) is 63.9 Å². The largest absolute Gasteiger partial charge is 0.496 e. The minimum absolute atomic E-state index is 0.435. The lowest BCUT2D eigenvalue weighted by molar-refractivity contribution is 0.416. The molecule has 0 amide bonds. The van der Waals surface area contributed by atoms with Crippen molar-refractivity contribution >= 4 is 0 Å². The molecule has 1 aromatic heterocycles. The first-order chi connectivity index (χ1) is 8.67. The van der Waals surface area contributed by atoms with E-state index in [1.165, 1.54) is 5.56 Å². The van der Waals surface area contributed by atoms with Crippen LogP contribution in [-0.4, -0.2) is 17.3 Å². The van der Waals surface area contributed by atoms with Crippen LogP contribution in [0, 0.1) is 0 Å². The Morgan fingerprint density at radius 1 is 1.33 bits per heavy atom. The number of nitrogens with one attached hydrogen (secondary N) is 1. The van der Waals surface area contributed by atoms with E-state index in [1.54, 1.807) is 13.3 Å². The zero-order valence-corrected chi connectivity index (χ0v) is 11.0. The highest BCUT2D eigenvalue weighted by Gasteiger charge is 2.13. The Balaban J connectivity index is 2.57. The highest BCUT2D eigenvalue weighted by Crippen LogP contribution is 2.34. The first-order valence-electron chi connectivity index (χ1n) is 6.08. The van der Waals surface area contributed by atoms with E-state index in [9.17, 15) is 0 Å². The fourth-order valence-corrected chi connectivity index (χ4v) is 2.00. The zero-order chi connectivity index (χ0) is 13.1. The summed E-state index contributed by atoms with van der Waals surface area (Å²) in [6, 6.07) is 6.24. The van der Waals surface area contributed by atoms with Crippen LogP contribution in [0.4, 0.5) is 0 Å². The first-order valence-corrected chi connectivity index (χ1v) is 6.08. The molecule has 0 bridgehead atoms. The van der Waals surface area contributed by atoms with Gasteiger partial charge in [-0.1, -0.05) is 19.9 Å². The summed E-state index contributed by atoms with van der Waals surface area (Å²) >= 11 is 0. The molecule has 4 heteroatoms. The van der Waals surface area contributed by atoms with Crippen LogP contribution >= 0.6 is 0 Å².